The second-order valence-corrected chi connectivity index (χ2v) is 4.21. The van der Waals surface area contributed by atoms with Crippen LogP contribution in [0.3, 0.4) is 0 Å². The zero-order chi connectivity index (χ0) is 11.4. The first-order valence-electron chi connectivity index (χ1n) is 4.24. The van der Waals surface area contributed by atoms with Gasteiger partial charge in [0.25, 0.3) is 0 Å². The van der Waals surface area contributed by atoms with E-state index in [4.69, 9.17) is 0 Å². The number of thiophene rings is 1. The molecule has 1 aromatic heterocycles. The van der Waals surface area contributed by atoms with Crippen molar-refractivity contribution in [1.29, 1.82) is 0 Å². The predicted octanol–water partition coefficient (Wildman–Crippen LogP) is 0.859. The van der Waals surface area contributed by atoms with Crippen LogP contribution < -0.4 is 0 Å². The Kier molecular flexibility index (Phi) is 4.59. The summed E-state index contributed by atoms with van der Waals surface area (Å²) in [5, 5.41) is 20.6. The standard InChI is InChI=1S/C9H12O4S2/c1-13-9(12)7-2-5(4-15-7)8(11)6(10)3-14/h2,4,6,8,10-11,14H,3H2,1H3. The molecule has 0 radical (unpaired) electrons. The van der Waals surface area contributed by atoms with Crippen LogP contribution in [0.2, 0.25) is 0 Å². The fraction of sp³-hybridized carbons (Fsp3) is 0.444. The quantitative estimate of drug-likeness (QED) is 0.546. The monoisotopic (exact) mass is 248 g/mol. The van der Waals surface area contributed by atoms with Crippen LogP contribution in [0.5, 0.6) is 0 Å². The molecule has 0 saturated carbocycles. The SMILES string of the molecule is COC(=O)c1cc(C(O)C(O)CS)cs1. The average Bonchev–Trinajstić information content (AvgIpc) is 2.75. The summed E-state index contributed by atoms with van der Waals surface area (Å²) in [6, 6.07) is 1.51. The molecule has 0 amide bonds. The average molecular weight is 248 g/mol. The van der Waals surface area contributed by atoms with Gasteiger partial charge in [-0.25, -0.2) is 4.79 Å². The molecule has 0 fully saturated rings. The smallest absolute Gasteiger partial charge is 0.348 e. The van der Waals surface area contributed by atoms with Gasteiger partial charge in [-0.1, -0.05) is 0 Å². The van der Waals surface area contributed by atoms with E-state index in [1.807, 2.05) is 0 Å². The van der Waals surface area contributed by atoms with Crippen molar-refractivity contribution in [3.8, 4) is 0 Å². The molecule has 15 heavy (non-hydrogen) atoms. The molecular weight excluding hydrogens is 236 g/mol. The Balaban J connectivity index is 2.79. The van der Waals surface area contributed by atoms with Crippen LogP contribution in [-0.2, 0) is 4.74 Å². The van der Waals surface area contributed by atoms with E-state index >= 15 is 0 Å². The molecule has 0 bridgehead atoms. The molecule has 84 valence electrons. The number of aliphatic hydroxyl groups is 2. The van der Waals surface area contributed by atoms with Crippen LogP contribution in [0.25, 0.3) is 0 Å². The van der Waals surface area contributed by atoms with Crippen LogP contribution in [0.15, 0.2) is 11.4 Å². The Bertz CT molecular complexity index is 337. The molecular formula is C9H12O4S2. The second-order valence-electron chi connectivity index (χ2n) is 2.93. The molecule has 6 heteroatoms. The van der Waals surface area contributed by atoms with E-state index in [1.165, 1.54) is 24.5 Å². The lowest BCUT2D eigenvalue weighted by atomic mass is 10.1. The summed E-state index contributed by atoms with van der Waals surface area (Å²) < 4.78 is 4.53. The van der Waals surface area contributed by atoms with E-state index < -0.39 is 18.2 Å². The number of methoxy groups -OCH3 is 1. The lowest BCUT2D eigenvalue weighted by Crippen LogP contribution is -2.19. The molecule has 1 aromatic rings. The van der Waals surface area contributed by atoms with Crippen molar-refractivity contribution >= 4 is 29.9 Å². The summed E-state index contributed by atoms with van der Waals surface area (Å²) in [6.45, 7) is 0. The maximum absolute atomic E-state index is 11.1. The molecule has 4 nitrogen and oxygen atoms in total. The van der Waals surface area contributed by atoms with Gasteiger partial charge < -0.3 is 14.9 Å². The molecule has 1 rings (SSSR count). The maximum atomic E-state index is 11.1. The van der Waals surface area contributed by atoms with Crippen LogP contribution in [0.1, 0.15) is 21.3 Å². The highest BCUT2D eigenvalue weighted by Crippen LogP contribution is 2.24. The molecule has 0 aromatic carbocycles. The Labute approximate surface area is 96.9 Å². The van der Waals surface area contributed by atoms with Crippen molar-refractivity contribution < 1.29 is 19.7 Å². The number of hydrogen-bond donors (Lipinski definition) is 3. The normalized spacial score (nSPS) is 14.7. The summed E-state index contributed by atoms with van der Waals surface area (Å²) >= 11 is 5.04. The minimum Gasteiger partial charge on any atom is -0.465 e. The lowest BCUT2D eigenvalue weighted by Gasteiger charge is -2.13. The molecule has 0 aliphatic rings. The molecule has 0 aliphatic carbocycles. The van der Waals surface area contributed by atoms with E-state index in [0.29, 0.717) is 10.4 Å². The number of rotatable bonds is 4. The van der Waals surface area contributed by atoms with Gasteiger partial charge in [0, 0.05) is 5.75 Å². The molecule has 2 unspecified atom stereocenters. The molecule has 1 heterocycles. The van der Waals surface area contributed by atoms with E-state index in [-0.39, 0.29) is 5.75 Å². The fourth-order valence-corrected chi connectivity index (χ4v) is 2.09. The van der Waals surface area contributed by atoms with Gasteiger partial charge >= 0.3 is 5.97 Å². The van der Waals surface area contributed by atoms with Gasteiger partial charge in [0.15, 0.2) is 0 Å². The first kappa shape index (κ1) is 12.5. The number of thiol groups is 1. The number of hydrogen-bond acceptors (Lipinski definition) is 6. The number of carbonyl (C=O) groups excluding carboxylic acids is 1. The van der Waals surface area contributed by atoms with Crippen LogP contribution in [0, 0.1) is 0 Å². The number of esters is 1. The first-order chi connectivity index (χ1) is 7.10. The maximum Gasteiger partial charge on any atom is 0.348 e. The molecule has 0 aliphatic heterocycles. The summed E-state index contributed by atoms with van der Waals surface area (Å²) in [4.78, 5) is 11.5. The van der Waals surface area contributed by atoms with Crippen molar-refractivity contribution in [2.24, 2.45) is 0 Å². The summed E-state index contributed by atoms with van der Waals surface area (Å²) in [7, 11) is 1.29. The van der Waals surface area contributed by atoms with Gasteiger partial charge in [0.2, 0.25) is 0 Å². The first-order valence-corrected chi connectivity index (χ1v) is 5.75. The third-order valence-electron chi connectivity index (χ3n) is 1.90. The lowest BCUT2D eigenvalue weighted by molar-refractivity contribution is 0.0339. The minimum atomic E-state index is -1.02. The second kappa shape index (κ2) is 5.50. The fourth-order valence-electron chi connectivity index (χ4n) is 1.04. The van der Waals surface area contributed by atoms with Crippen LogP contribution in [0.4, 0.5) is 0 Å². The minimum absolute atomic E-state index is 0.157. The van der Waals surface area contributed by atoms with Gasteiger partial charge in [0.05, 0.1) is 13.2 Å². The van der Waals surface area contributed by atoms with E-state index in [9.17, 15) is 15.0 Å². The number of aliphatic hydroxyl groups excluding tert-OH is 2. The largest absolute Gasteiger partial charge is 0.465 e. The predicted molar refractivity (Wildman–Crippen MR) is 60.5 cm³/mol. The van der Waals surface area contributed by atoms with Crippen molar-refractivity contribution in [3.05, 3.63) is 21.9 Å². The Morgan fingerprint density at radius 1 is 1.67 bits per heavy atom. The summed E-state index contributed by atoms with van der Waals surface area (Å²) in [5.74, 6) is -0.288. The van der Waals surface area contributed by atoms with E-state index in [1.54, 1.807) is 5.38 Å². The van der Waals surface area contributed by atoms with Crippen molar-refractivity contribution in [2.45, 2.75) is 12.2 Å². The molecule has 2 atom stereocenters. The molecule has 0 saturated heterocycles. The summed E-state index contributed by atoms with van der Waals surface area (Å²) in [5.41, 5.74) is 0.502. The van der Waals surface area contributed by atoms with Gasteiger partial charge in [0.1, 0.15) is 11.0 Å². The number of carbonyl (C=O) groups is 1. The van der Waals surface area contributed by atoms with Gasteiger partial charge in [-0.15, -0.1) is 11.3 Å². The Morgan fingerprint density at radius 2 is 2.33 bits per heavy atom. The number of ether oxygens (including phenoxy) is 1. The molecule has 0 spiro atoms. The van der Waals surface area contributed by atoms with Crippen molar-refractivity contribution in [3.63, 3.8) is 0 Å². The highest BCUT2D eigenvalue weighted by atomic mass is 32.1. The highest BCUT2D eigenvalue weighted by molar-refractivity contribution is 7.80. The molecule has 2 N–H and O–H groups in total. The third-order valence-corrected chi connectivity index (χ3v) is 3.20. The zero-order valence-electron chi connectivity index (χ0n) is 8.08. The van der Waals surface area contributed by atoms with Crippen molar-refractivity contribution in [1.82, 2.24) is 0 Å². The summed E-state index contributed by atoms with van der Waals surface area (Å²) in [6.07, 6.45) is -1.95. The van der Waals surface area contributed by atoms with Gasteiger partial charge in [-0.05, 0) is 17.0 Å². The zero-order valence-corrected chi connectivity index (χ0v) is 9.79. The Morgan fingerprint density at radius 3 is 2.87 bits per heavy atom. The third kappa shape index (κ3) is 2.94. The van der Waals surface area contributed by atoms with Crippen molar-refractivity contribution in [2.75, 3.05) is 12.9 Å². The van der Waals surface area contributed by atoms with Crippen LogP contribution in [-0.4, -0.2) is 35.1 Å². The van der Waals surface area contributed by atoms with Crippen LogP contribution >= 0.6 is 24.0 Å². The van der Waals surface area contributed by atoms with E-state index in [0.717, 1.165) is 0 Å². The Hall–Kier alpha value is -0.560. The van der Waals surface area contributed by atoms with Gasteiger partial charge in [-0.3, -0.25) is 0 Å². The topological polar surface area (TPSA) is 66.8 Å². The van der Waals surface area contributed by atoms with E-state index in [2.05, 4.69) is 17.4 Å². The highest BCUT2D eigenvalue weighted by Gasteiger charge is 2.19. The van der Waals surface area contributed by atoms with Gasteiger partial charge in [-0.2, -0.15) is 12.6 Å².